The molecule has 20 heavy (non-hydrogen) atoms. The summed E-state index contributed by atoms with van der Waals surface area (Å²) in [5, 5.41) is 23.3. The van der Waals surface area contributed by atoms with Gasteiger partial charge in [0.15, 0.2) is 0 Å². The van der Waals surface area contributed by atoms with Crippen molar-refractivity contribution in [2.75, 3.05) is 0 Å². The summed E-state index contributed by atoms with van der Waals surface area (Å²) in [4.78, 5) is 3.66. The molecule has 2 N–H and O–H groups in total. The van der Waals surface area contributed by atoms with Crippen molar-refractivity contribution in [3.05, 3.63) is 42.0 Å². The third-order valence-corrected chi connectivity index (χ3v) is 2.83. The van der Waals surface area contributed by atoms with E-state index >= 15 is 0 Å². The fourth-order valence-electron chi connectivity index (χ4n) is 1.95. The number of benzene rings is 1. The normalized spacial score (nSPS) is 15.1. The molecule has 1 unspecified atom stereocenters. The van der Waals surface area contributed by atoms with E-state index in [2.05, 4.69) is 10.1 Å². The summed E-state index contributed by atoms with van der Waals surface area (Å²) in [7, 11) is 0. The third kappa shape index (κ3) is 2.90. The van der Waals surface area contributed by atoms with Gasteiger partial charge in [-0.2, -0.15) is 18.3 Å². The number of hydrogen-bond donors (Lipinski definition) is 2. The lowest BCUT2D eigenvalue weighted by atomic mass is 9.91. The van der Waals surface area contributed by atoms with Crippen LogP contribution in [0.3, 0.4) is 0 Å². The van der Waals surface area contributed by atoms with E-state index in [0.717, 1.165) is 12.1 Å². The van der Waals surface area contributed by atoms with Gasteiger partial charge in [0, 0.05) is 0 Å². The highest BCUT2D eigenvalue weighted by Crippen LogP contribution is 2.38. The molecule has 0 aliphatic heterocycles. The molecule has 0 radical (unpaired) electrons. The highest BCUT2D eigenvalue weighted by molar-refractivity contribution is 5.39. The molecule has 2 rings (SSSR count). The van der Waals surface area contributed by atoms with Gasteiger partial charge in [-0.15, -0.1) is 0 Å². The molecular formula is C12H12F3N3O2. The van der Waals surface area contributed by atoms with E-state index in [4.69, 9.17) is 0 Å². The van der Waals surface area contributed by atoms with Crippen LogP contribution in [0.15, 0.2) is 30.9 Å². The Kier molecular flexibility index (Phi) is 3.43. The number of phenolic OH excluding ortho intramolecular Hbond substituents is 1. The van der Waals surface area contributed by atoms with E-state index in [1.807, 2.05) is 0 Å². The maximum atomic E-state index is 13.0. The average molecular weight is 287 g/mol. The lowest BCUT2D eigenvalue weighted by Gasteiger charge is -2.27. The van der Waals surface area contributed by atoms with Gasteiger partial charge < -0.3 is 10.2 Å². The SMILES string of the molecule is CC(O)(Cn1cncn1)c1ccc(O)cc1C(F)(F)F. The number of aromatic hydroxyl groups is 1. The van der Waals surface area contributed by atoms with Gasteiger partial charge in [0.1, 0.15) is 24.0 Å². The van der Waals surface area contributed by atoms with E-state index in [1.54, 1.807) is 0 Å². The number of aromatic nitrogens is 3. The van der Waals surface area contributed by atoms with Crippen LogP contribution in [0, 0.1) is 0 Å². The Bertz CT molecular complexity index is 594. The maximum Gasteiger partial charge on any atom is 0.416 e. The first kappa shape index (κ1) is 14.3. The first-order valence-electron chi connectivity index (χ1n) is 5.65. The zero-order valence-electron chi connectivity index (χ0n) is 10.5. The van der Waals surface area contributed by atoms with Crippen molar-refractivity contribution in [2.24, 2.45) is 0 Å². The van der Waals surface area contributed by atoms with Gasteiger partial charge in [0.05, 0.1) is 12.1 Å². The molecule has 0 aliphatic rings. The number of aliphatic hydroxyl groups is 1. The van der Waals surface area contributed by atoms with Gasteiger partial charge in [-0.1, -0.05) is 6.07 Å². The third-order valence-electron chi connectivity index (χ3n) is 2.83. The van der Waals surface area contributed by atoms with Crippen LogP contribution in [0.2, 0.25) is 0 Å². The molecule has 1 heterocycles. The monoisotopic (exact) mass is 287 g/mol. The summed E-state index contributed by atoms with van der Waals surface area (Å²) >= 11 is 0. The highest BCUT2D eigenvalue weighted by Gasteiger charge is 2.39. The number of rotatable bonds is 3. The topological polar surface area (TPSA) is 71.2 Å². The number of halogens is 3. The Morgan fingerprint density at radius 3 is 2.50 bits per heavy atom. The molecule has 108 valence electrons. The van der Waals surface area contributed by atoms with Gasteiger partial charge in [-0.3, -0.25) is 0 Å². The minimum Gasteiger partial charge on any atom is -0.508 e. The zero-order valence-corrected chi connectivity index (χ0v) is 10.5. The fourth-order valence-corrected chi connectivity index (χ4v) is 1.95. The summed E-state index contributed by atoms with van der Waals surface area (Å²) in [6, 6.07) is 2.74. The lowest BCUT2D eigenvalue weighted by Crippen LogP contribution is -2.31. The Morgan fingerprint density at radius 1 is 1.25 bits per heavy atom. The molecular weight excluding hydrogens is 275 g/mol. The summed E-state index contributed by atoms with van der Waals surface area (Å²) in [6.45, 7) is 1.05. The Balaban J connectivity index is 2.45. The van der Waals surface area contributed by atoms with Crippen LogP contribution in [0.5, 0.6) is 5.75 Å². The molecule has 1 aromatic heterocycles. The van der Waals surface area contributed by atoms with Gasteiger partial charge in [-0.05, 0) is 24.6 Å². The summed E-state index contributed by atoms with van der Waals surface area (Å²) in [5.41, 5.74) is -3.23. The molecule has 1 atom stereocenters. The number of phenols is 1. The van der Waals surface area contributed by atoms with Crippen LogP contribution in [-0.4, -0.2) is 25.0 Å². The quantitative estimate of drug-likeness (QED) is 0.904. The number of nitrogens with zero attached hydrogens (tertiary/aromatic N) is 3. The second-order valence-electron chi connectivity index (χ2n) is 4.59. The largest absolute Gasteiger partial charge is 0.508 e. The zero-order chi connectivity index (χ0) is 15.0. The van der Waals surface area contributed by atoms with E-state index in [0.29, 0.717) is 6.07 Å². The van der Waals surface area contributed by atoms with Crippen molar-refractivity contribution in [3.8, 4) is 5.75 Å². The van der Waals surface area contributed by atoms with Crippen LogP contribution in [0.25, 0.3) is 0 Å². The van der Waals surface area contributed by atoms with Crippen molar-refractivity contribution in [2.45, 2.75) is 25.2 Å². The molecule has 5 nitrogen and oxygen atoms in total. The summed E-state index contributed by atoms with van der Waals surface area (Å²) in [6.07, 6.45) is -2.17. The average Bonchev–Trinajstić information content (AvgIpc) is 2.79. The number of alkyl halides is 3. The molecule has 0 saturated heterocycles. The molecule has 8 heteroatoms. The molecule has 0 amide bonds. The van der Waals surface area contributed by atoms with Crippen molar-refractivity contribution in [1.29, 1.82) is 0 Å². The van der Waals surface area contributed by atoms with E-state index < -0.39 is 23.1 Å². The molecule has 0 fully saturated rings. The lowest BCUT2D eigenvalue weighted by molar-refractivity contribution is -0.140. The molecule has 0 saturated carbocycles. The van der Waals surface area contributed by atoms with Gasteiger partial charge in [0.25, 0.3) is 0 Å². The van der Waals surface area contributed by atoms with Crippen LogP contribution < -0.4 is 0 Å². The fraction of sp³-hybridized carbons (Fsp3) is 0.333. The molecule has 0 aliphatic carbocycles. The van der Waals surface area contributed by atoms with Crippen molar-refractivity contribution in [3.63, 3.8) is 0 Å². The van der Waals surface area contributed by atoms with Crippen LogP contribution in [0.4, 0.5) is 13.2 Å². The Morgan fingerprint density at radius 2 is 1.95 bits per heavy atom. The molecule has 0 bridgehead atoms. The second-order valence-corrected chi connectivity index (χ2v) is 4.59. The van der Waals surface area contributed by atoms with Crippen LogP contribution >= 0.6 is 0 Å². The predicted molar refractivity (Wildman–Crippen MR) is 62.7 cm³/mol. The van der Waals surface area contributed by atoms with Crippen molar-refractivity contribution < 1.29 is 23.4 Å². The molecule has 2 aromatic rings. The second kappa shape index (κ2) is 4.78. The van der Waals surface area contributed by atoms with Crippen molar-refractivity contribution >= 4 is 0 Å². The summed E-state index contributed by atoms with van der Waals surface area (Å²) in [5.74, 6) is -0.516. The standard InChI is InChI=1S/C12H12F3N3O2/c1-11(20,5-18-7-16-6-17-18)9-3-2-8(19)4-10(9)12(13,14)15/h2-4,6-7,19-20H,5H2,1H3. The van der Waals surface area contributed by atoms with E-state index in [1.165, 1.54) is 24.3 Å². The smallest absolute Gasteiger partial charge is 0.416 e. The minimum absolute atomic E-state index is 0.194. The molecule has 0 spiro atoms. The summed E-state index contributed by atoms with van der Waals surface area (Å²) < 4.78 is 40.2. The Hall–Kier alpha value is -2.09. The first-order valence-corrected chi connectivity index (χ1v) is 5.65. The minimum atomic E-state index is -4.68. The Labute approximate surface area is 112 Å². The van der Waals surface area contributed by atoms with Crippen LogP contribution in [0.1, 0.15) is 18.1 Å². The maximum absolute atomic E-state index is 13.0. The van der Waals surface area contributed by atoms with Gasteiger partial charge >= 0.3 is 6.18 Å². The highest BCUT2D eigenvalue weighted by atomic mass is 19.4. The predicted octanol–water partition coefficient (Wildman–Crippen LogP) is 1.91. The molecule has 1 aromatic carbocycles. The first-order chi connectivity index (χ1) is 9.20. The van der Waals surface area contributed by atoms with E-state index in [9.17, 15) is 23.4 Å². The van der Waals surface area contributed by atoms with Crippen molar-refractivity contribution in [1.82, 2.24) is 14.8 Å². The van der Waals surface area contributed by atoms with Gasteiger partial charge in [0.2, 0.25) is 0 Å². The van der Waals surface area contributed by atoms with Gasteiger partial charge in [-0.25, -0.2) is 9.67 Å². The van der Waals surface area contributed by atoms with E-state index in [-0.39, 0.29) is 12.1 Å². The number of hydrogen-bond acceptors (Lipinski definition) is 4. The van der Waals surface area contributed by atoms with Crippen LogP contribution in [-0.2, 0) is 18.3 Å².